The van der Waals surface area contributed by atoms with Crippen molar-refractivity contribution in [3.05, 3.63) is 113 Å². The van der Waals surface area contributed by atoms with Crippen LogP contribution in [0.2, 0.25) is 0 Å². The summed E-state index contributed by atoms with van der Waals surface area (Å²) in [6.07, 6.45) is 1.99. The van der Waals surface area contributed by atoms with E-state index in [1.807, 2.05) is 66.7 Å². The van der Waals surface area contributed by atoms with Crippen molar-refractivity contribution in [2.45, 2.75) is 13.0 Å². The van der Waals surface area contributed by atoms with Gasteiger partial charge in [-0.1, -0.05) is 60.7 Å². The Bertz CT molecular complexity index is 1470. The molecule has 0 atom stereocenters. The smallest absolute Gasteiger partial charge is 0.326 e. The normalized spacial score (nSPS) is 11.1. The number of hydrogen-bond donors (Lipinski definition) is 1. The summed E-state index contributed by atoms with van der Waals surface area (Å²) in [7, 11) is 0. The van der Waals surface area contributed by atoms with Crippen molar-refractivity contribution < 1.29 is 4.79 Å². The summed E-state index contributed by atoms with van der Waals surface area (Å²) in [5.74, 6) is -0.0858. The molecule has 1 amide bonds. The van der Waals surface area contributed by atoms with Crippen molar-refractivity contribution in [3.63, 3.8) is 0 Å². The summed E-state index contributed by atoms with van der Waals surface area (Å²) >= 11 is 0. The zero-order valence-electron chi connectivity index (χ0n) is 16.7. The quantitative estimate of drug-likeness (QED) is 0.480. The molecule has 3 aromatic carbocycles. The average molecular weight is 408 g/mol. The van der Waals surface area contributed by atoms with Gasteiger partial charge in [0.1, 0.15) is 0 Å². The van der Waals surface area contributed by atoms with Gasteiger partial charge in [-0.25, -0.2) is 9.48 Å². The fourth-order valence-electron chi connectivity index (χ4n) is 3.73. The molecule has 2 aromatic heterocycles. The first-order chi connectivity index (χ1) is 15.2. The number of hydrogen-bond acceptors (Lipinski definition) is 3. The van der Waals surface area contributed by atoms with Gasteiger partial charge in [-0.05, 0) is 46.2 Å². The summed E-state index contributed by atoms with van der Waals surface area (Å²) in [5, 5.41) is 9.58. The fourth-order valence-corrected chi connectivity index (χ4v) is 3.73. The molecule has 5 rings (SSSR count). The lowest BCUT2D eigenvalue weighted by atomic mass is 10.0. The van der Waals surface area contributed by atoms with E-state index < -0.39 is 0 Å². The molecule has 152 valence electrons. The monoisotopic (exact) mass is 408 g/mol. The Morgan fingerprint density at radius 3 is 2.55 bits per heavy atom. The number of rotatable bonds is 5. The third-order valence-corrected chi connectivity index (χ3v) is 5.21. The van der Waals surface area contributed by atoms with E-state index in [1.54, 1.807) is 18.3 Å². The van der Waals surface area contributed by atoms with Crippen molar-refractivity contribution in [2.75, 3.05) is 5.32 Å². The van der Waals surface area contributed by atoms with Crippen molar-refractivity contribution in [1.29, 1.82) is 0 Å². The molecule has 1 N–H and O–H groups in total. The van der Waals surface area contributed by atoms with Gasteiger partial charge in [-0.2, -0.15) is 0 Å². The van der Waals surface area contributed by atoms with Gasteiger partial charge in [0.2, 0.25) is 5.91 Å². The van der Waals surface area contributed by atoms with E-state index in [2.05, 4.69) is 16.5 Å². The van der Waals surface area contributed by atoms with Gasteiger partial charge >= 0.3 is 5.69 Å². The highest BCUT2D eigenvalue weighted by atomic mass is 16.2. The molecule has 5 aromatic rings. The van der Waals surface area contributed by atoms with Crippen LogP contribution < -0.4 is 11.0 Å². The maximum absolute atomic E-state index is 12.6. The minimum Gasteiger partial charge on any atom is -0.326 e. The van der Waals surface area contributed by atoms with Gasteiger partial charge in [-0.15, -0.1) is 5.10 Å². The summed E-state index contributed by atoms with van der Waals surface area (Å²) in [5.41, 5.74) is 2.95. The summed E-state index contributed by atoms with van der Waals surface area (Å²) in [4.78, 5) is 25.1. The Balaban J connectivity index is 1.30. The number of fused-ring (bicyclic) bond motifs is 2. The van der Waals surface area contributed by atoms with E-state index >= 15 is 0 Å². The predicted molar refractivity (Wildman–Crippen MR) is 121 cm³/mol. The maximum Gasteiger partial charge on any atom is 0.350 e. The molecule has 0 radical (unpaired) electrons. The van der Waals surface area contributed by atoms with Gasteiger partial charge in [0.05, 0.1) is 13.0 Å². The minimum absolute atomic E-state index is 0.0858. The largest absolute Gasteiger partial charge is 0.350 e. The topological polar surface area (TPSA) is 68.4 Å². The molecule has 0 saturated carbocycles. The molecule has 0 fully saturated rings. The standard InChI is InChI=1S/C25H20N4O2/c30-24(16-18-11-12-20-7-1-2-8-21(20)14-18)26-22-9-5-6-19(15-22)17-29-25(31)28-13-4-3-10-23(28)27-29/h1-15H,16-17H2,(H,26,30). The van der Waals surface area contributed by atoms with Gasteiger partial charge in [0, 0.05) is 11.9 Å². The van der Waals surface area contributed by atoms with Crippen LogP contribution in [-0.4, -0.2) is 20.1 Å². The van der Waals surface area contributed by atoms with Gasteiger partial charge in [0.25, 0.3) is 0 Å². The van der Waals surface area contributed by atoms with E-state index in [1.165, 1.54) is 9.08 Å². The van der Waals surface area contributed by atoms with E-state index in [0.717, 1.165) is 21.9 Å². The van der Waals surface area contributed by atoms with Crippen molar-refractivity contribution in [3.8, 4) is 0 Å². The number of nitrogens with zero attached hydrogens (tertiary/aromatic N) is 3. The molecule has 2 heterocycles. The van der Waals surface area contributed by atoms with Gasteiger partial charge in [-0.3, -0.25) is 9.20 Å². The first kappa shape index (κ1) is 18.8. The van der Waals surface area contributed by atoms with Crippen molar-refractivity contribution in [2.24, 2.45) is 0 Å². The number of anilines is 1. The lowest BCUT2D eigenvalue weighted by Gasteiger charge is -2.08. The molecule has 6 heteroatoms. The zero-order valence-corrected chi connectivity index (χ0v) is 16.7. The highest BCUT2D eigenvalue weighted by Crippen LogP contribution is 2.17. The van der Waals surface area contributed by atoms with Crippen LogP contribution in [0, 0.1) is 0 Å². The number of carbonyl (C=O) groups excluding carboxylic acids is 1. The van der Waals surface area contributed by atoms with Crippen LogP contribution in [0.4, 0.5) is 5.69 Å². The van der Waals surface area contributed by atoms with E-state index in [0.29, 0.717) is 24.3 Å². The summed E-state index contributed by atoms with van der Waals surface area (Å²) in [6, 6.07) is 27.1. The van der Waals surface area contributed by atoms with Crippen LogP contribution in [-0.2, 0) is 17.8 Å². The highest BCUT2D eigenvalue weighted by Gasteiger charge is 2.09. The lowest BCUT2D eigenvalue weighted by molar-refractivity contribution is -0.115. The fraction of sp³-hybridized carbons (Fsp3) is 0.0800. The zero-order chi connectivity index (χ0) is 21.2. The average Bonchev–Trinajstić information content (AvgIpc) is 3.09. The van der Waals surface area contributed by atoms with Crippen LogP contribution >= 0.6 is 0 Å². The van der Waals surface area contributed by atoms with Gasteiger partial charge in [0.15, 0.2) is 5.65 Å². The number of nitrogens with one attached hydrogen (secondary N) is 1. The SMILES string of the molecule is O=C(Cc1ccc2ccccc2c1)Nc1cccc(Cn2nc3ccccn3c2=O)c1. The molecular weight excluding hydrogens is 388 g/mol. The Kier molecular flexibility index (Phi) is 4.80. The Morgan fingerprint density at radius 2 is 1.68 bits per heavy atom. The molecule has 0 aliphatic rings. The predicted octanol–water partition coefficient (Wildman–Crippen LogP) is 3.88. The van der Waals surface area contributed by atoms with E-state index in [4.69, 9.17) is 0 Å². The first-order valence-electron chi connectivity index (χ1n) is 10.1. The van der Waals surface area contributed by atoms with Crippen molar-refractivity contribution >= 4 is 28.0 Å². The molecule has 0 saturated heterocycles. The van der Waals surface area contributed by atoms with Crippen LogP contribution in [0.25, 0.3) is 16.4 Å². The van der Waals surface area contributed by atoms with Crippen LogP contribution in [0.3, 0.4) is 0 Å². The minimum atomic E-state index is -0.193. The molecule has 0 aliphatic heterocycles. The molecule has 0 unspecified atom stereocenters. The Labute approximate surface area is 178 Å². The van der Waals surface area contributed by atoms with Crippen LogP contribution in [0.15, 0.2) is 95.9 Å². The molecule has 0 aliphatic carbocycles. The third-order valence-electron chi connectivity index (χ3n) is 5.21. The summed E-state index contributed by atoms with van der Waals surface area (Å²) in [6.45, 7) is 0.328. The maximum atomic E-state index is 12.6. The lowest BCUT2D eigenvalue weighted by Crippen LogP contribution is -2.21. The number of amides is 1. The summed E-state index contributed by atoms with van der Waals surface area (Å²) < 4.78 is 2.93. The molecule has 6 nitrogen and oxygen atoms in total. The van der Waals surface area contributed by atoms with E-state index in [-0.39, 0.29) is 11.6 Å². The molecule has 0 bridgehead atoms. The molecule has 0 spiro atoms. The second-order valence-corrected chi connectivity index (χ2v) is 7.48. The Morgan fingerprint density at radius 1 is 0.839 bits per heavy atom. The highest BCUT2D eigenvalue weighted by molar-refractivity contribution is 5.93. The number of carbonyl (C=O) groups is 1. The number of aromatic nitrogens is 3. The number of benzene rings is 3. The van der Waals surface area contributed by atoms with Crippen LogP contribution in [0.1, 0.15) is 11.1 Å². The number of pyridine rings is 1. The van der Waals surface area contributed by atoms with E-state index in [9.17, 15) is 9.59 Å². The Hall–Kier alpha value is -4.19. The van der Waals surface area contributed by atoms with Crippen LogP contribution in [0.5, 0.6) is 0 Å². The second-order valence-electron chi connectivity index (χ2n) is 7.48. The first-order valence-corrected chi connectivity index (χ1v) is 10.1. The molecular formula is C25H20N4O2. The molecule has 31 heavy (non-hydrogen) atoms. The van der Waals surface area contributed by atoms with Crippen molar-refractivity contribution in [1.82, 2.24) is 14.2 Å². The second kappa shape index (κ2) is 7.91. The van der Waals surface area contributed by atoms with Gasteiger partial charge < -0.3 is 5.32 Å². The third kappa shape index (κ3) is 3.96.